The van der Waals surface area contributed by atoms with E-state index in [0.29, 0.717) is 25.4 Å². The number of halogens is 1. The van der Waals surface area contributed by atoms with Gasteiger partial charge in [-0.15, -0.1) is 0 Å². The summed E-state index contributed by atoms with van der Waals surface area (Å²) in [5.74, 6) is -0.189. The van der Waals surface area contributed by atoms with Crippen molar-refractivity contribution in [3.05, 3.63) is 17.9 Å². The van der Waals surface area contributed by atoms with Gasteiger partial charge in [0.25, 0.3) is 0 Å². The molecule has 1 aromatic rings. The Kier molecular flexibility index (Phi) is 6.58. The predicted octanol–water partition coefficient (Wildman–Crippen LogP) is 3.06. The highest BCUT2D eigenvalue weighted by molar-refractivity contribution is 5.70. The second kappa shape index (κ2) is 7.94. The number of hydrogen-bond acceptors (Lipinski definition) is 4. The molecule has 5 heteroatoms. The lowest BCUT2D eigenvalue weighted by Crippen LogP contribution is -2.36. The van der Waals surface area contributed by atoms with E-state index in [2.05, 4.69) is 18.7 Å². The maximum atomic E-state index is 13.8. The van der Waals surface area contributed by atoms with E-state index in [1.54, 1.807) is 13.2 Å². The Labute approximate surface area is 120 Å². The molecule has 4 nitrogen and oxygen atoms in total. The summed E-state index contributed by atoms with van der Waals surface area (Å²) in [5.41, 5.74) is 7.19. The van der Waals surface area contributed by atoms with Gasteiger partial charge in [0.1, 0.15) is 0 Å². The number of ether oxygens (including phenoxy) is 2. The van der Waals surface area contributed by atoms with E-state index in [-0.39, 0.29) is 11.8 Å². The minimum absolute atomic E-state index is 0.238. The third kappa shape index (κ3) is 4.00. The summed E-state index contributed by atoms with van der Waals surface area (Å²) in [6, 6.07) is 3.28. The van der Waals surface area contributed by atoms with Crippen LogP contribution in [0.5, 0.6) is 5.75 Å². The highest BCUT2D eigenvalue weighted by atomic mass is 19.1. The zero-order valence-electron chi connectivity index (χ0n) is 12.8. The zero-order chi connectivity index (χ0) is 15.1. The first kappa shape index (κ1) is 16.6. The minimum atomic E-state index is -0.427. The van der Waals surface area contributed by atoms with E-state index in [9.17, 15) is 4.39 Å². The van der Waals surface area contributed by atoms with Gasteiger partial charge in [0, 0.05) is 31.8 Å². The largest absolute Gasteiger partial charge is 0.491 e. The molecule has 0 aliphatic rings. The molecular formula is C15H25FN2O2. The lowest BCUT2D eigenvalue weighted by Gasteiger charge is -2.32. The number of nitrogens with two attached hydrogens (primary N) is 1. The van der Waals surface area contributed by atoms with Gasteiger partial charge in [0.05, 0.1) is 24.6 Å². The summed E-state index contributed by atoms with van der Waals surface area (Å²) in [5, 5.41) is 0. The van der Waals surface area contributed by atoms with Crippen LogP contribution in [0.2, 0.25) is 0 Å². The van der Waals surface area contributed by atoms with Crippen molar-refractivity contribution in [1.82, 2.24) is 0 Å². The van der Waals surface area contributed by atoms with Crippen molar-refractivity contribution in [3.8, 4) is 5.75 Å². The number of rotatable bonds is 8. The van der Waals surface area contributed by atoms with Crippen LogP contribution >= 0.6 is 0 Å². The van der Waals surface area contributed by atoms with E-state index in [4.69, 9.17) is 15.2 Å². The molecule has 0 amide bonds. The van der Waals surface area contributed by atoms with Gasteiger partial charge in [-0.1, -0.05) is 6.92 Å². The average molecular weight is 284 g/mol. The molecule has 1 unspecified atom stereocenters. The van der Waals surface area contributed by atoms with Crippen molar-refractivity contribution in [1.29, 1.82) is 0 Å². The molecule has 1 atom stereocenters. The Balaban J connectivity index is 3.13. The smallest absolute Gasteiger partial charge is 0.167 e. The fourth-order valence-corrected chi connectivity index (χ4v) is 2.06. The first-order valence-corrected chi connectivity index (χ1v) is 7.02. The van der Waals surface area contributed by atoms with Crippen LogP contribution in [-0.2, 0) is 4.74 Å². The molecule has 114 valence electrons. The molecule has 0 aliphatic heterocycles. The monoisotopic (exact) mass is 284 g/mol. The summed E-state index contributed by atoms with van der Waals surface area (Å²) >= 11 is 0. The van der Waals surface area contributed by atoms with Gasteiger partial charge in [-0.3, -0.25) is 0 Å². The van der Waals surface area contributed by atoms with Crippen molar-refractivity contribution in [2.24, 2.45) is 0 Å². The maximum Gasteiger partial charge on any atom is 0.167 e. The SMILES string of the molecule is CCOc1cc(N(CCOC)C(C)CC)c(N)cc1F. The molecule has 0 saturated heterocycles. The van der Waals surface area contributed by atoms with Gasteiger partial charge in [-0.2, -0.15) is 0 Å². The molecule has 0 radical (unpaired) electrons. The van der Waals surface area contributed by atoms with E-state index < -0.39 is 5.82 Å². The van der Waals surface area contributed by atoms with E-state index in [1.165, 1.54) is 6.07 Å². The van der Waals surface area contributed by atoms with E-state index in [0.717, 1.165) is 12.1 Å². The summed E-state index contributed by atoms with van der Waals surface area (Å²) in [7, 11) is 1.66. The quantitative estimate of drug-likeness (QED) is 0.745. The Morgan fingerprint density at radius 2 is 2.05 bits per heavy atom. The summed E-state index contributed by atoms with van der Waals surface area (Å²) in [4.78, 5) is 2.13. The second-order valence-corrected chi connectivity index (χ2v) is 4.72. The van der Waals surface area contributed by atoms with Crippen LogP contribution in [0.15, 0.2) is 12.1 Å². The predicted molar refractivity (Wildman–Crippen MR) is 81.0 cm³/mol. The van der Waals surface area contributed by atoms with Crippen molar-refractivity contribution in [2.45, 2.75) is 33.2 Å². The Morgan fingerprint density at radius 3 is 2.60 bits per heavy atom. The molecule has 2 N–H and O–H groups in total. The molecule has 0 aromatic heterocycles. The molecule has 20 heavy (non-hydrogen) atoms. The molecule has 1 rings (SSSR count). The summed E-state index contributed by atoms with van der Waals surface area (Å²) in [6.07, 6.45) is 0.963. The fraction of sp³-hybridized carbons (Fsp3) is 0.600. The summed E-state index contributed by atoms with van der Waals surface area (Å²) < 4.78 is 24.2. The Hall–Kier alpha value is -1.49. The lowest BCUT2D eigenvalue weighted by atomic mass is 10.1. The average Bonchev–Trinajstić information content (AvgIpc) is 2.43. The highest BCUT2D eigenvalue weighted by Gasteiger charge is 2.18. The van der Waals surface area contributed by atoms with E-state index >= 15 is 0 Å². The summed E-state index contributed by atoms with van der Waals surface area (Å²) in [6.45, 7) is 7.75. The molecule has 0 fully saturated rings. The molecule has 1 aromatic carbocycles. The van der Waals surface area contributed by atoms with Gasteiger partial charge in [-0.05, 0) is 20.3 Å². The van der Waals surface area contributed by atoms with Gasteiger partial charge in [0.2, 0.25) is 0 Å². The number of nitrogens with zero attached hydrogens (tertiary/aromatic N) is 1. The Bertz CT molecular complexity index is 427. The van der Waals surface area contributed by atoms with Crippen LogP contribution in [-0.4, -0.2) is 32.9 Å². The standard InChI is InChI=1S/C15H25FN2O2/c1-5-11(3)18(7-8-19-4)14-10-15(20-6-2)12(16)9-13(14)17/h9-11H,5-8,17H2,1-4H3. The van der Waals surface area contributed by atoms with Gasteiger partial charge in [-0.25, -0.2) is 4.39 Å². The second-order valence-electron chi connectivity index (χ2n) is 4.72. The first-order valence-electron chi connectivity index (χ1n) is 7.02. The normalized spacial score (nSPS) is 12.2. The number of benzene rings is 1. The van der Waals surface area contributed by atoms with Crippen LogP contribution in [0, 0.1) is 5.82 Å². The fourth-order valence-electron chi connectivity index (χ4n) is 2.06. The Morgan fingerprint density at radius 1 is 1.35 bits per heavy atom. The number of nitrogen functional groups attached to an aromatic ring is 1. The first-order chi connectivity index (χ1) is 9.54. The van der Waals surface area contributed by atoms with Crippen molar-refractivity contribution >= 4 is 11.4 Å². The highest BCUT2D eigenvalue weighted by Crippen LogP contribution is 2.32. The zero-order valence-corrected chi connectivity index (χ0v) is 12.8. The van der Waals surface area contributed by atoms with Crippen LogP contribution in [0.1, 0.15) is 27.2 Å². The molecule has 0 saturated carbocycles. The van der Waals surface area contributed by atoms with Crippen LogP contribution < -0.4 is 15.4 Å². The van der Waals surface area contributed by atoms with Crippen molar-refractivity contribution in [3.63, 3.8) is 0 Å². The maximum absolute atomic E-state index is 13.8. The van der Waals surface area contributed by atoms with Gasteiger partial charge < -0.3 is 20.1 Å². The molecule has 0 spiro atoms. The number of methoxy groups -OCH3 is 1. The molecule has 0 heterocycles. The molecule has 0 bridgehead atoms. The van der Waals surface area contributed by atoms with Crippen LogP contribution in [0.4, 0.5) is 15.8 Å². The third-order valence-corrected chi connectivity index (χ3v) is 3.35. The van der Waals surface area contributed by atoms with Crippen molar-refractivity contribution in [2.75, 3.05) is 37.5 Å². The number of anilines is 2. The third-order valence-electron chi connectivity index (χ3n) is 3.35. The van der Waals surface area contributed by atoms with E-state index in [1.807, 2.05) is 6.92 Å². The molecular weight excluding hydrogens is 259 g/mol. The van der Waals surface area contributed by atoms with Crippen molar-refractivity contribution < 1.29 is 13.9 Å². The lowest BCUT2D eigenvalue weighted by molar-refractivity contribution is 0.203. The van der Waals surface area contributed by atoms with Crippen LogP contribution in [0.25, 0.3) is 0 Å². The minimum Gasteiger partial charge on any atom is -0.491 e. The van der Waals surface area contributed by atoms with Crippen LogP contribution in [0.3, 0.4) is 0 Å². The van der Waals surface area contributed by atoms with Gasteiger partial charge in [0.15, 0.2) is 11.6 Å². The topological polar surface area (TPSA) is 47.7 Å². The van der Waals surface area contributed by atoms with Gasteiger partial charge >= 0.3 is 0 Å². The number of hydrogen-bond donors (Lipinski definition) is 1. The molecule has 0 aliphatic carbocycles.